The lowest BCUT2D eigenvalue weighted by atomic mass is 9.96. The van der Waals surface area contributed by atoms with Gasteiger partial charge in [-0.15, -0.1) is 0 Å². The van der Waals surface area contributed by atoms with Gasteiger partial charge in [0.05, 0.1) is 0 Å². The summed E-state index contributed by atoms with van der Waals surface area (Å²) in [6, 6.07) is 4.69. The number of hydrogen-bond acceptors (Lipinski definition) is 1. The number of rotatable bonds is 3. The molecule has 98 valence electrons. The third kappa shape index (κ3) is 1.74. The summed E-state index contributed by atoms with van der Waals surface area (Å²) in [4.78, 5) is 0. The van der Waals surface area contributed by atoms with E-state index in [1.165, 1.54) is 12.1 Å². The largest absolute Gasteiger partial charge is 0.484 e. The van der Waals surface area contributed by atoms with Crippen molar-refractivity contribution in [2.45, 2.75) is 18.5 Å². The highest BCUT2D eigenvalue weighted by Gasteiger charge is 2.74. The molecule has 1 aliphatic carbocycles. The van der Waals surface area contributed by atoms with Gasteiger partial charge in [-0.2, -0.15) is 17.6 Å². The number of ether oxygens (including phenoxy) is 1. The molecule has 1 aromatic carbocycles. The van der Waals surface area contributed by atoms with Gasteiger partial charge in [0.1, 0.15) is 12.4 Å². The molecule has 0 amide bonds. The molecule has 0 heterocycles. The Morgan fingerprint density at radius 1 is 1.00 bits per heavy atom. The molecule has 1 aromatic rings. The van der Waals surface area contributed by atoms with E-state index in [-0.39, 0.29) is 5.56 Å². The van der Waals surface area contributed by atoms with Crippen LogP contribution in [0.5, 0.6) is 0 Å². The highest BCUT2D eigenvalue weighted by Crippen LogP contribution is 2.56. The highest BCUT2D eigenvalue weighted by molar-refractivity contribution is 5.35. The maximum atomic E-state index is 12.8. The minimum absolute atomic E-state index is 0.126. The van der Waals surface area contributed by atoms with E-state index < -0.39 is 35.9 Å². The van der Waals surface area contributed by atoms with Crippen LogP contribution in [0, 0.1) is 5.82 Å². The van der Waals surface area contributed by atoms with Gasteiger partial charge in [-0.3, -0.25) is 0 Å². The van der Waals surface area contributed by atoms with Crippen LogP contribution in [-0.4, -0.2) is 11.8 Å². The van der Waals surface area contributed by atoms with Crippen molar-refractivity contribution in [1.82, 2.24) is 0 Å². The van der Waals surface area contributed by atoms with Gasteiger partial charge >= 0.3 is 11.8 Å². The quantitative estimate of drug-likeness (QED) is 0.757. The van der Waals surface area contributed by atoms with E-state index in [9.17, 15) is 26.3 Å². The maximum Gasteiger partial charge on any atom is 0.375 e. The van der Waals surface area contributed by atoms with E-state index in [4.69, 9.17) is 0 Å². The van der Waals surface area contributed by atoms with Crippen molar-refractivity contribution in [3.63, 3.8) is 0 Å². The Labute approximate surface area is 97.7 Å². The van der Waals surface area contributed by atoms with Crippen LogP contribution in [0.15, 0.2) is 35.9 Å². The molecule has 0 bridgehead atoms. The van der Waals surface area contributed by atoms with E-state index in [1.807, 2.05) is 0 Å². The van der Waals surface area contributed by atoms with E-state index >= 15 is 0 Å². The average Bonchev–Trinajstić information content (AvgIpc) is 2.28. The van der Waals surface area contributed by atoms with Crippen molar-refractivity contribution in [2.75, 3.05) is 0 Å². The Hall–Kier alpha value is -1.66. The summed E-state index contributed by atoms with van der Waals surface area (Å²) in [5.41, 5.74) is 0.126. The summed E-state index contributed by atoms with van der Waals surface area (Å²) in [5, 5.41) is 0. The summed E-state index contributed by atoms with van der Waals surface area (Å²) < 4.78 is 80.1. The zero-order valence-electron chi connectivity index (χ0n) is 8.69. The lowest BCUT2D eigenvalue weighted by Crippen LogP contribution is -2.53. The lowest BCUT2D eigenvalue weighted by molar-refractivity contribution is -0.233. The molecule has 0 spiro atoms. The van der Waals surface area contributed by atoms with Crippen molar-refractivity contribution in [3.8, 4) is 0 Å². The third-order valence-electron chi connectivity index (χ3n) is 2.43. The van der Waals surface area contributed by atoms with Crippen molar-refractivity contribution in [1.29, 1.82) is 0 Å². The molecular formula is C11H6F6O. The smallest absolute Gasteiger partial charge is 0.375 e. The van der Waals surface area contributed by atoms with Crippen molar-refractivity contribution in [2.24, 2.45) is 0 Å². The standard InChI is InChI=1S/C11H6F6O/c12-7-3-1-2-6(4-7)5-18-9-8(13)10(14,15)11(9,16)17/h1-4H,5H2. The molecule has 0 saturated carbocycles. The molecule has 0 fully saturated rings. The summed E-state index contributed by atoms with van der Waals surface area (Å²) in [7, 11) is 0. The first-order chi connectivity index (χ1) is 8.26. The molecular weight excluding hydrogens is 262 g/mol. The van der Waals surface area contributed by atoms with Crippen LogP contribution in [0.25, 0.3) is 0 Å². The molecule has 2 rings (SSSR count). The Kier molecular flexibility index (Phi) is 2.79. The van der Waals surface area contributed by atoms with Crippen molar-refractivity contribution < 1.29 is 31.1 Å². The topological polar surface area (TPSA) is 9.23 Å². The van der Waals surface area contributed by atoms with Gasteiger partial charge in [-0.05, 0) is 17.7 Å². The molecule has 0 atom stereocenters. The zero-order chi connectivity index (χ0) is 13.6. The Balaban J connectivity index is 2.11. The van der Waals surface area contributed by atoms with Crippen LogP contribution >= 0.6 is 0 Å². The summed E-state index contributed by atoms with van der Waals surface area (Å²) in [5.74, 6) is -14.1. The van der Waals surface area contributed by atoms with Crippen LogP contribution < -0.4 is 0 Å². The van der Waals surface area contributed by atoms with Gasteiger partial charge in [-0.25, -0.2) is 8.78 Å². The normalized spacial score (nSPS) is 20.6. The second kappa shape index (κ2) is 3.93. The van der Waals surface area contributed by atoms with Crippen LogP contribution in [0.4, 0.5) is 26.3 Å². The van der Waals surface area contributed by atoms with Crippen LogP contribution in [-0.2, 0) is 11.3 Å². The fourth-order valence-corrected chi connectivity index (χ4v) is 1.43. The minimum atomic E-state index is -4.83. The second-order valence-electron chi connectivity index (χ2n) is 3.71. The van der Waals surface area contributed by atoms with Crippen molar-refractivity contribution >= 4 is 0 Å². The molecule has 0 unspecified atom stereocenters. The summed E-state index contributed by atoms with van der Waals surface area (Å²) in [6.45, 7) is -0.619. The van der Waals surface area contributed by atoms with Gasteiger partial charge in [0.15, 0.2) is 0 Å². The van der Waals surface area contributed by atoms with E-state index in [1.54, 1.807) is 0 Å². The van der Waals surface area contributed by atoms with Gasteiger partial charge < -0.3 is 4.74 Å². The number of halogens is 6. The Morgan fingerprint density at radius 3 is 2.22 bits per heavy atom. The maximum absolute atomic E-state index is 12.8. The number of hydrogen-bond donors (Lipinski definition) is 0. The molecule has 1 aliphatic rings. The van der Waals surface area contributed by atoms with Gasteiger partial charge in [0.2, 0.25) is 11.6 Å². The van der Waals surface area contributed by atoms with E-state index in [0.717, 1.165) is 12.1 Å². The Morgan fingerprint density at radius 2 is 1.67 bits per heavy atom. The van der Waals surface area contributed by atoms with Gasteiger partial charge in [0.25, 0.3) is 0 Å². The lowest BCUT2D eigenvalue weighted by Gasteiger charge is -2.35. The van der Waals surface area contributed by atoms with Crippen LogP contribution in [0.2, 0.25) is 0 Å². The highest BCUT2D eigenvalue weighted by atomic mass is 19.3. The second-order valence-corrected chi connectivity index (χ2v) is 3.71. The summed E-state index contributed by atoms with van der Waals surface area (Å²) in [6.07, 6.45) is 0. The minimum Gasteiger partial charge on any atom is -0.484 e. The monoisotopic (exact) mass is 268 g/mol. The molecule has 1 nitrogen and oxygen atoms in total. The molecule has 0 N–H and O–H groups in total. The van der Waals surface area contributed by atoms with E-state index in [0.29, 0.717) is 0 Å². The number of benzene rings is 1. The van der Waals surface area contributed by atoms with Crippen LogP contribution in [0.3, 0.4) is 0 Å². The predicted octanol–water partition coefficient (Wildman–Crippen LogP) is 3.81. The third-order valence-corrected chi connectivity index (χ3v) is 2.43. The molecule has 7 heteroatoms. The SMILES string of the molecule is FC1=C(OCc2cccc(F)c2)C(F)(F)C1(F)F. The molecule has 0 aliphatic heterocycles. The van der Waals surface area contributed by atoms with Gasteiger partial charge in [0, 0.05) is 0 Å². The first kappa shape index (κ1) is 12.8. The molecule has 18 heavy (non-hydrogen) atoms. The number of allylic oxidation sites excluding steroid dienone is 2. The zero-order valence-corrected chi connectivity index (χ0v) is 8.69. The first-order valence-corrected chi connectivity index (χ1v) is 4.80. The Bertz CT molecular complexity index is 508. The summed E-state index contributed by atoms with van der Waals surface area (Å²) >= 11 is 0. The first-order valence-electron chi connectivity index (χ1n) is 4.80. The van der Waals surface area contributed by atoms with E-state index in [2.05, 4.69) is 4.74 Å². The fraction of sp³-hybridized carbons (Fsp3) is 0.273. The molecule has 0 aromatic heterocycles. The van der Waals surface area contributed by atoms with Crippen LogP contribution in [0.1, 0.15) is 5.56 Å². The predicted molar refractivity (Wildman–Crippen MR) is 49.2 cm³/mol. The molecule has 0 saturated heterocycles. The van der Waals surface area contributed by atoms with Crippen molar-refractivity contribution in [3.05, 3.63) is 47.2 Å². The van der Waals surface area contributed by atoms with Gasteiger partial charge in [-0.1, -0.05) is 12.1 Å². The molecule has 0 radical (unpaired) electrons. The average molecular weight is 268 g/mol. The number of alkyl halides is 4. The fourth-order valence-electron chi connectivity index (χ4n) is 1.43.